The summed E-state index contributed by atoms with van der Waals surface area (Å²) in [6, 6.07) is 9.02. The minimum Gasteiger partial charge on any atom is -0.360 e. The van der Waals surface area contributed by atoms with Gasteiger partial charge in [-0.1, -0.05) is 49.7 Å². The van der Waals surface area contributed by atoms with Crippen molar-refractivity contribution in [2.24, 2.45) is 5.92 Å². The van der Waals surface area contributed by atoms with Gasteiger partial charge in [0.1, 0.15) is 0 Å². The van der Waals surface area contributed by atoms with E-state index >= 15 is 0 Å². The number of benzene rings is 1. The Balaban J connectivity index is 1.33. The summed E-state index contributed by atoms with van der Waals surface area (Å²) in [7, 11) is 0. The summed E-state index contributed by atoms with van der Waals surface area (Å²) in [6.07, 6.45) is 9.11. The summed E-state index contributed by atoms with van der Waals surface area (Å²) in [6.45, 7) is 2.24. The predicted molar refractivity (Wildman–Crippen MR) is 116 cm³/mol. The summed E-state index contributed by atoms with van der Waals surface area (Å²) in [5.74, 6) is 1.96. The molecule has 7 heteroatoms. The van der Waals surface area contributed by atoms with Crippen molar-refractivity contribution in [1.82, 2.24) is 25.1 Å². The fraction of sp³-hybridized carbons (Fsp3) is 0.500. The zero-order chi connectivity index (χ0) is 19.8. The van der Waals surface area contributed by atoms with Crippen LogP contribution >= 0.6 is 11.8 Å². The number of aromatic nitrogens is 4. The van der Waals surface area contributed by atoms with Gasteiger partial charge in [-0.3, -0.25) is 9.36 Å². The SMILES string of the molecule is C[C@@H]1CCCC[C@@H]1NC(=O)CSc1nnc(-c2c[nH]c3ccccc23)n1C1CC1. The Labute approximate surface area is 174 Å². The van der Waals surface area contributed by atoms with Gasteiger partial charge in [-0.05, 0) is 37.7 Å². The van der Waals surface area contributed by atoms with E-state index in [-0.39, 0.29) is 5.91 Å². The van der Waals surface area contributed by atoms with Crippen molar-refractivity contribution in [3.8, 4) is 11.4 Å². The first kappa shape index (κ1) is 18.7. The fourth-order valence-electron chi connectivity index (χ4n) is 4.39. The molecule has 152 valence electrons. The van der Waals surface area contributed by atoms with Crippen LogP contribution in [0, 0.1) is 5.92 Å². The fourth-order valence-corrected chi connectivity index (χ4v) is 5.20. The monoisotopic (exact) mass is 409 g/mol. The van der Waals surface area contributed by atoms with Crippen molar-refractivity contribution in [2.75, 3.05) is 5.75 Å². The number of para-hydroxylation sites is 1. The summed E-state index contributed by atoms with van der Waals surface area (Å²) >= 11 is 1.50. The number of hydrogen-bond acceptors (Lipinski definition) is 4. The van der Waals surface area contributed by atoms with Crippen LogP contribution in [-0.4, -0.2) is 37.5 Å². The number of nitrogens with one attached hydrogen (secondary N) is 2. The van der Waals surface area contributed by atoms with Crippen molar-refractivity contribution in [2.45, 2.75) is 62.7 Å². The summed E-state index contributed by atoms with van der Waals surface area (Å²) < 4.78 is 2.23. The normalized spacial score (nSPS) is 22.1. The lowest BCUT2D eigenvalue weighted by molar-refractivity contribution is -0.119. The molecule has 0 radical (unpaired) electrons. The molecule has 2 aliphatic carbocycles. The molecule has 2 saturated carbocycles. The van der Waals surface area contributed by atoms with E-state index in [9.17, 15) is 4.79 Å². The lowest BCUT2D eigenvalue weighted by Gasteiger charge is -2.29. The Morgan fingerprint density at radius 2 is 2.03 bits per heavy atom. The molecule has 3 aromatic rings. The highest BCUT2D eigenvalue weighted by Gasteiger charge is 2.31. The quantitative estimate of drug-likeness (QED) is 0.586. The van der Waals surface area contributed by atoms with Crippen molar-refractivity contribution < 1.29 is 4.79 Å². The molecule has 1 aromatic carbocycles. The maximum absolute atomic E-state index is 12.5. The van der Waals surface area contributed by atoms with E-state index in [0.717, 1.165) is 46.7 Å². The van der Waals surface area contributed by atoms with Crippen LogP contribution in [-0.2, 0) is 4.79 Å². The predicted octanol–water partition coefficient (Wildman–Crippen LogP) is 4.55. The van der Waals surface area contributed by atoms with Crippen molar-refractivity contribution in [3.05, 3.63) is 30.5 Å². The second kappa shape index (κ2) is 7.86. The van der Waals surface area contributed by atoms with Crippen LogP contribution < -0.4 is 5.32 Å². The average molecular weight is 410 g/mol. The summed E-state index contributed by atoms with van der Waals surface area (Å²) in [5, 5.41) is 14.2. The van der Waals surface area contributed by atoms with E-state index in [1.54, 1.807) is 0 Å². The third-order valence-electron chi connectivity index (χ3n) is 6.20. The molecule has 0 unspecified atom stereocenters. The second-order valence-electron chi connectivity index (χ2n) is 8.38. The van der Waals surface area contributed by atoms with Crippen molar-refractivity contribution >= 4 is 28.6 Å². The first-order chi connectivity index (χ1) is 14.2. The molecule has 2 fully saturated rings. The largest absolute Gasteiger partial charge is 0.360 e. The summed E-state index contributed by atoms with van der Waals surface area (Å²) in [5.41, 5.74) is 2.18. The number of thioether (sulfide) groups is 1. The molecule has 2 heterocycles. The van der Waals surface area contributed by atoms with Crippen LogP contribution in [0.15, 0.2) is 35.6 Å². The first-order valence-corrected chi connectivity index (χ1v) is 11.6. The van der Waals surface area contributed by atoms with Gasteiger partial charge < -0.3 is 10.3 Å². The zero-order valence-electron chi connectivity index (χ0n) is 16.7. The van der Waals surface area contributed by atoms with Crippen LogP contribution in [0.25, 0.3) is 22.3 Å². The molecule has 2 N–H and O–H groups in total. The van der Waals surface area contributed by atoms with E-state index in [4.69, 9.17) is 0 Å². The van der Waals surface area contributed by atoms with Crippen LogP contribution in [0.5, 0.6) is 0 Å². The number of nitrogens with zero attached hydrogens (tertiary/aromatic N) is 3. The Morgan fingerprint density at radius 1 is 1.21 bits per heavy atom. The van der Waals surface area contributed by atoms with Gasteiger partial charge in [0.05, 0.1) is 5.75 Å². The van der Waals surface area contributed by atoms with Gasteiger partial charge in [-0.25, -0.2) is 0 Å². The van der Waals surface area contributed by atoms with E-state index in [1.807, 2.05) is 18.3 Å². The van der Waals surface area contributed by atoms with Crippen LogP contribution in [0.2, 0.25) is 0 Å². The molecule has 0 spiro atoms. The van der Waals surface area contributed by atoms with Gasteiger partial charge in [-0.15, -0.1) is 10.2 Å². The highest BCUT2D eigenvalue weighted by molar-refractivity contribution is 7.99. The number of rotatable bonds is 6. The molecular formula is C22H27N5OS. The Bertz CT molecular complexity index is 1020. The molecule has 1 amide bonds. The minimum atomic E-state index is 0.104. The number of hydrogen-bond donors (Lipinski definition) is 2. The number of aromatic amines is 1. The third-order valence-corrected chi connectivity index (χ3v) is 7.14. The van der Waals surface area contributed by atoms with Gasteiger partial charge in [-0.2, -0.15) is 0 Å². The molecule has 2 aromatic heterocycles. The smallest absolute Gasteiger partial charge is 0.230 e. The topological polar surface area (TPSA) is 75.6 Å². The standard InChI is InChI=1S/C22H27N5OS/c1-14-6-2-4-8-18(14)24-20(28)13-29-22-26-25-21(27(22)15-10-11-15)17-12-23-19-9-5-3-7-16(17)19/h3,5,7,9,12,14-15,18,23H,2,4,6,8,10-11,13H2,1H3,(H,24,28)/t14-,18+/m1/s1. The van der Waals surface area contributed by atoms with E-state index in [2.05, 4.69) is 44.1 Å². The van der Waals surface area contributed by atoms with Crippen molar-refractivity contribution in [1.29, 1.82) is 0 Å². The molecule has 0 saturated heterocycles. The maximum Gasteiger partial charge on any atom is 0.230 e. The van der Waals surface area contributed by atoms with Gasteiger partial charge in [0.15, 0.2) is 11.0 Å². The Kier molecular flexibility index (Phi) is 5.08. The molecule has 2 aliphatic rings. The van der Waals surface area contributed by atoms with Crippen LogP contribution in [0.1, 0.15) is 51.5 Å². The number of fused-ring (bicyclic) bond motifs is 1. The molecule has 5 rings (SSSR count). The van der Waals surface area contributed by atoms with E-state index < -0.39 is 0 Å². The molecular weight excluding hydrogens is 382 g/mol. The first-order valence-electron chi connectivity index (χ1n) is 10.6. The third kappa shape index (κ3) is 3.80. The minimum absolute atomic E-state index is 0.104. The number of carbonyl (C=O) groups is 1. The van der Waals surface area contributed by atoms with E-state index in [0.29, 0.717) is 23.8 Å². The van der Waals surface area contributed by atoms with Gasteiger partial charge >= 0.3 is 0 Å². The Morgan fingerprint density at radius 3 is 2.86 bits per heavy atom. The molecule has 2 atom stereocenters. The van der Waals surface area contributed by atoms with Crippen molar-refractivity contribution in [3.63, 3.8) is 0 Å². The lowest BCUT2D eigenvalue weighted by Crippen LogP contribution is -2.41. The zero-order valence-corrected chi connectivity index (χ0v) is 17.5. The number of amides is 1. The number of H-pyrrole nitrogens is 1. The molecule has 0 bridgehead atoms. The van der Waals surface area contributed by atoms with Gasteiger partial charge in [0.2, 0.25) is 5.91 Å². The second-order valence-corrected chi connectivity index (χ2v) is 9.32. The maximum atomic E-state index is 12.5. The molecule has 29 heavy (non-hydrogen) atoms. The van der Waals surface area contributed by atoms with Gasteiger partial charge in [0, 0.05) is 34.7 Å². The number of carbonyl (C=O) groups excluding carboxylic acids is 1. The summed E-state index contributed by atoms with van der Waals surface area (Å²) in [4.78, 5) is 15.9. The van der Waals surface area contributed by atoms with Crippen LogP contribution in [0.3, 0.4) is 0 Å². The highest BCUT2D eigenvalue weighted by atomic mass is 32.2. The highest BCUT2D eigenvalue weighted by Crippen LogP contribution is 2.42. The Hall–Kier alpha value is -2.28. The molecule has 6 nitrogen and oxygen atoms in total. The van der Waals surface area contributed by atoms with Gasteiger partial charge in [0.25, 0.3) is 0 Å². The average Bonchev–Trinajstić information content (AvgIpc) is 3.34. The van der Waals surface area contributed by atoms with E-state index in [1.165, 1.54) is 31.0 Å². The van der Waals surface area contributed by atoms with Crippen LogP contribution in [0.4, 0.5) is 0 Å². The molecule has 0 aliphatic heterocycles. The lowest BCUT2D eigenvalue weighted by atomic mass is 9.86.